The summed E-state index contributed by atoms with van der Waals surface area (Å²) in [6.07, 6.45) is 0.966. The van der Waals surface area contributed by atoms with Crippen LogP contribution in [0.3, 0.4) is 0 Å². The van der Waals surface area contributed by atoms with E-state index < -0.39 is 7.42 Å². The molecule has 1 rings (SSSR count). The molecule has 0 aliphatic heterocycles. The van der Waals surface area contributed by atoms with E-state index in [2.05, 4.69) is 0 Å². The van der Waals surface area contributed by atoms with Gasteiger partial charge in [0.25, 0.3) is 0 Å². The van der Waals surface area contributed by atoms with E-state index in [1.165, 1.54) is 5.56 Å². The first-order valence-corrected chi connectivity index (χ1v) is 8.44. The van der Waals surface area contributed by atoms with Crippen molar-refractivity contribution in [2.75, 3.05) is 7.11 Å². The van der Waals surface area contributed by atoms with Crippen molar-refractivity contribution in [1.82, 2.24) is 0 Å². The van der Waals surface area contributed by atoms with Gasteiger partial charge in [-0.1, -0.05) is 12.1 Å². The maximum Gasteiger partial charge on any atom is 0.237 e. The molecule has 0 fully saturated rings. The summed E-state index contributed by atoms with van der Waals surface area (Å²) in [5.41, 5.74) is 1.26. The monoisotopic (exact) mass is 234 g/mol. The molecule has 13 heavy (non-hydrogen) atoms. The molecule has 72 valence electrons. The summed E-state index contributed by atoms with van der Waals surface area (Å²) in [4.78, 5) is 0. The van der Waals surface area contributed by atoms with E-state index in [9.17, 15) is 0 Å². The fourth-order valence-electron chi connectivity index (χ4n) is 1.07. The van der Waals surface area contributed by atoms with E-state index in [0.717, 1.165) is 18.2 Å². The Bertz CT molecular complexity index is 248. The highest BCUT2D eigenvalue weighted by molar-refractivity contribution is 7.33. The number of aryl methyl sites for hydroxylation is 1. The molecular weight excluding hydrogens is 223 g/mol. The first-order valence-electron chi connectivity index (χ1n) is 4.13. The molecule has 4 heteroatoms. The van der Waals surface area contributed by atoms with Gasteiger partial charge < -0.3 is 4.74 Å². The highest BCUT2D eigenvalue weighted by atomic mass is 35.7. The summed E-state index contributed by atoms with van der Waals surface area (Å²) in [7, 11) is 0.215. The normalized spacial score (nSPS) is 10.5. The highest BCUT2D eigenvalue weighted by Crippen LogP contribution is 2.14. The number of benzene rings is 1. The van der Waals surface area contributed by atoms with Crippen molar-refractivity contribution in [3.63, 3.8) is 0 Å². The Morgan fingerprint density at radius 2 is 1.85 bits per heavy atom. The van der Waals surface area contributed by atoms with Crippen molar-refractivity contribution in [2.45, 2.75) is 12.5 Å². The Morgan fingerprint density at radius 3 is 2.31 bits per heavy atom. The number of rotatable bonds is 4. The molecule has 0 saturated carbocycles. The van der Waals surface area contributed by atoms with Crippen LogP contribution >= 0.6 is 22.2 Å². The van der Waals surface area contributed by atoms with Gasteiger partial charge in [0.1, 0.15) is 5.75 Å². The molecule has 0 N–H and O–H groups in total. The number of methoxy groups -OCH3 is 1. The molecule has 0 spiro atoms. The first-order chi connectivity index (χ1) is 6.22. The lowest BCUT2D eigenvalue weighted by Crippen LogP contribution is -1.95. The fourth-order valence-corrected chi connectivity index (χ4v) is 2.27. The minimum absolute atomic E-state index is 0.884. The van der Waals surface area contributed by atoms with Gasteiger partial charge in [-0.3, -0.25) is 0 Å². The van der Waals surface area contributed by atoms with Crippen molar-refractivity contribution in [3.05, 3.63) is 29.8 Å². The summed E-state index contributed by atoms with van der Waals surface area (Å²) < 4.78 is 5.05. The smallest absolute Gasteiger partial charge is 0.237 e. The second-order valence-corrected chi connectivity index (χ2v) is 7.97. The Hall–Kier alpha value is -0.183. The SMILES string of the molecule is COc1ccc(CC[SiH](Cl)Cl)cc1. The average Bonchev–Trinajstić information content (AvgIpc) is 2.15. The number of hydrogen-bond donors (Lipinski definition) is 0. The summed E-state index contributed by atoms with van der Waals surface area (Å²) >= 11 is 11.5. The third-order valence-electron chi connectivity index (χ3n) is 1.81. The molecule has 0 saturated heterocycles. The zero-order valence-electron chi connectivity index (χ0n) is 7.47. The van der Waals surface area contributed by atoms with Gasteiger partial charge in [-0.25, -0.2) is 0 Å². The second-order valence-electron chi connectivity index (χ2n) is 2.78. The van der Waals surface area contributed by atoms with Crippen LogP contribution in [0.4, 0.5) is 0 Å². The highest BCUT2D eigenvalue weighted by Gasteiger charge is 2.02. The predicted molar refractivity (Wildman–Crippen MR) is 60.4 cm³/mol. The Kier molecular flexibility index (Phi) is 4.63. The van der Waals surface area contributed by atoms with Gasteiger partial charge in [-0.05, 0) is 30.2 Å². The van der Waals surface area contributed by atoms with Crippen LogP contribution in [0.1, 0.15) is 5.56 Å². The zero-order chi connectivity index (χ0) is 9.68. The molecule has 0 amide bonds. The number of hydrogen-bond acceptors (Lipinski definition) is 1. The van der Waals surface area contributed by atoms with Crippen molar-refractivity contribution in [2.24, 2.45) is 0 Å². The van der Waals surface area contributed by atoms with E-state index in [1.807, 2.05) is 24.3 Å². The van der Waals surface area contributed by atoms with Gasteiger partial charge in [0.05, 0.1) is 7.11 Å². The number of halogens is 2. The molecule has 0 unspecified atom stereocenters. The lowest BCUT2D eigenvalue weighted by molar-refractivity contribution is 0.414. The van der Waals surface area contributed by atoms with Gasteiger partial charge in [0, 0.05) is 0 Å². The Labute approximate surface area is 89.6 Å². The van der Waals surface area contributed by atoms with Crippen LogP contribution in [0.5, 0.6) is 5.75 Å². The van der Waals surface area contributed by atoms with Crippen LogP contribution in [0.15, 0.2) is 24.3 Å². The van der Waals surface area contributed by atoms with Crippen molar-refractivity contribution in [3.8, 4) is 5.75 Å². The first kappa shape index (κ1) is 10.9. The van der Waals surface area contributed by atoms with Gasteiger partial charge in [0.2, 0.25) is 7.42 Å². The maximum absolute atomic E-state index is 5.77. The van der Waals surface area contributed by atoms with E-state index in [0.29, 0.717) is 0 Å². The topological polar surface area (TPSA) is 9.23 Å². The van der Waals surface area contributed by atoms with Gasteiger partial charge in [0.15, 0.2) is 0 Å². The minimum Gasteiger partial charge on any atom is -0.497 e. The molecule has 0 aromatic heterocycles. The predicted octanol–water partition coefficient (Wildman–Crippen LogP) is 2.94. The summed E-state index contributed by atoms with van der Waals surface area (Å²) in [6.45, 7) is 0. The van der Waals surface area contributed by atoms with E-state index in [1.54, 1.807) is 7.11 Å². The Morgan fingerprint density at radius 1 is 1.23 bits per heavy atom. The lowest BCUT2D eigenvalue weighted by Gasteiger charge is -2.02. The molecule has 0 aliphatic rings. The van der Waals surface area contributed by atoms with Crippen LogP contribution in [0.25, 0.3) is 0 Å². The molecule has 0 aliphatic carbocycles. The van der Waals surface area contributed by atoms with Gasteiger partial charge in [-0.15, -0.1) is 0 Å². The fraction of sp³-hybridized carbons (Fsp3) is 0.333. The molecule has 0 radical (unpaired) electrons. The molecule has 0 atom stereocenters. The average molecular weight is 235 g/mol. The molecule has 0 heterocycles. The third-order valence-corrected chi connectivity index (χ3v) is 3.84. The number of ether oxygens (including phenoxy) is 1. The molecule has 1 aromatic rings. The van der Waals surface area contributed by atoms with E-state index in [-0.39, 0.29) is 0 Å². The van der Waals surface area contributed by atoms with Crippen molar-refractivity contribution < 1.29 is 4.74 Å². The molecule has 1 nitrogen and oxygen atoms in total. The van der Waals surface area contributed by atoms with E-state index >= 15 is 0 Å². The second kappa shape index (κ2) is 5.53. The maximum atomic E-state index is 5.77. The van der Waals surface area contributed by atoms with Gasteiger partial charge >= 0.3 is 0 Å². The van der Waals surface area contributed by atoms with Gasteiger partial charge in [-0.2, -0.15) is 22.2 Å². The van der Waals surface area contributed by atoms with E-state index in [4.69, 9.17) is 26.9 Å². The summed E-state index contributed by atoms with van der Waals surface area (Å²) in [5.74, 6) is 0.884. The quantitative estimate of drug-likeness (QED) is 0.576. The van der Waals surface area contributed by atoms with Crippen LogP contribution < -0.4 is 4.74 Å². The minimum atomic E-state index is -1.45. The van der Waals surface area contributed by atoms with Crippen LogP contribution in [-0.2, 0) is 6.42 Å². The molecule has 1 aromatic carbocycles. The lowest BCUT2D eigenvalue weighted by atomic mass is 10.2. The zero-order valence-corrected chi connectivity index (χ0v) is 10.1. The summed E-state index contributed by atoms with van der Waals surface area (Å²) in [6, 6.07) is 8.92. The van der Waals surface area contributed by atoms with Crippen molar-refractivity contribution in [1.29, 1.82) is 0 Å². The standard InChI is InChI=1S/C9H12Cl2OSi/c1-12-9-4-2-8(3-5-9)6-7-13(10)11/h2-5,13H,6-7H2,1H3. The van der Waals surface area contributed by atoms with Crippen molar-refractivity contribution >= 4 is 29.6 Å². The largest absolute Gasteiger partial charge is 0.497 e. The summed E-state index contributed by atoms with van der Waals surface area (Å²) in [5, 5.41) is 0. The van der Waals surface area contributed by atoms with Crippen LogP contribution in [0.2, 0.25) is 6.04 Å². The molecule has 0 bridgehead atoms. The Balaban J connectivity index is 2.49. The van der Waals surface area contributed by atoms with Crippen LogP contribution in [-0.4, -0.2) is 14.5 Å². The third kappa shape index (κ3) is 4.03. The molecular formula is C9H12Cl2OSi. The van der Waals surface area contributed by atoms with Crippen LogP contribution in [0, 0.1) is 0 Å².